The summed E-state index contributed by atoms with van der Waals surface area (Å²) < 4.78 is 5.12. The Morgan fingerprint density at radius 1 is 1.28 bits per heavy atom. The first-order valence-corrected chi connectivity index (χ1v) is 7.97. The SMILES string of the molecule is Cc1ccc(N2CCCC2=O)c(C(=O)NCc2ccc(C(=O)O)o2)c1. The average Bonchev–Trinajstić information content (AvgIpc) is 3.21. The molecule has 3 rings (SSSR count). The number of carbonyl (C=O) groups excluding carboxylic acids is 2. The van der Waals surface area contributed by atoms with E-state index in [0.29, 0.717) is 30.0 Å². The van der Waals surface area contributed by atoms with Crippen LogP contribution in [-0.2, 0) is 11.3 Å². The highest BCUT2D eigenvalue weighted by atomic mass is 16.4. The van der Waals surface area contributed by atoms with Crippen molar-refractivity contribution in [2.75, 3.05) is 11.4 Å². The normalized spacial score (nSPS) is 14.0. The number of rotatable bonds is 5. The van der Waals surface area contributed by atoms with Gasteiger partial charge in [0.25, 0.3) is 5.91 Å². The smallest absolute Gasteiger partial charge is 0.371 e. The second-order valence-corrected chi connectivity index (χ2v) is 5.92. The first kappa shape index (κ1) is 16.8. The molecular weight excluding hydrogens is 324 g/mol. The van der Waals surface area contributed by atoms with E-state index in [4.69, 9.17) is 9.52 Å². The predicted molar refractivity (Wildman–Crippen MR) is 89.6 cm³/mol. The molecule has 0 atom stereocenters. The van der Waals surface area contributed by atoms with Crippen LogP contribution < -0.4 is 10.2 Å². The van der Waals surface area contributed by atoms with E-state index in [-0.39, 0.29) is 24.1 Å². The van der Waals surface area contributed by atoms with Crippen LogP contribution >= 0.6 is 0 Å². The molecule has 7 heteroatoms. The third kappa shape index (κ3) is 3.55. The van der Waals surface area contributed by atoms with E-state index in [2.05, 4.69) is 5.32 Å². The summed E-state index contributed by atoms with van der Waals surface area (Å²) >= 11 is 0. The molecule has 2 amide bonds. The molecule has 2 heterocycles. The standard InChI is InChI=1S/C18H18N2O5/c1-11-4-6-14(20-8-2-3-16(20)21)13(9-11)17(22)19-10-12-5-7-15(25-12)18(23)24/h4-7,9H,2-3,8,10H2,1H3,(H,19,22)(H,23,24). The van der Waals surface area contributed by atoms with Crippen molar-refractivity contribution in [3.8, 4) is 0 Å². The average molecular weight is 342 g/mol. The van der Waals surface area contributed by atoms with Gasteiger partial charge in [-0.3, -0.25) is 9.59 Å². The van der Waals surface area contributed by atoms with Crippen LogP contribution in [0.15, 0.2) is 34.7 Å². The van der Waals surface area contributed by atoms with Gasteiger partial charge in [0.2, 0.25) is 11.7 Å². The summed E-state index contributed by atoms with van der Waals surface area (Å²) in [5.74, 6) is -1.33. The van der Waals surface area contributed by atoms with Crippen molar-refractivity contribution in [3.05, 3.63) is 53.0 Å². The van der Waals surface area contributed by atoms with Crippen LogP contribution in [0.3, 0.4) is 0 Å². The molecule has 1 aliphatic heterocycles. The summed E-state index contributed by atoms with van der Waals surface area (Å²) in [5, 5.41) is 11.6. The van der Waals surface area contributed by atoms with Crippen LogP contribution in [0.25, 0.3) is 0 Å². The topological polar surface area (TPSA) is 99.9 Å². The molecule has 1 aliphatic rings. The highest BCUT2D eigenvalue weighted by Gasteiger charge is 2.26. The number of benzene rings is 1. The summed E-state index contributed by atoms with van der Waals surface area (Å²) in [4.78, 5) is 37.0. The lowest BCUT2D eigenvalue weighted by Crippen LogP contribution is -2.29. The third-order valence-corrected chi connectivity index (χ3v) is 4.06. The zero-order valence-corrected chi connectivity index (χ0v) is 13.7. The number of nitrogens with one attached hydrogen (secondary N) is 1. The van der Waals surface area contributed by atoms with Gasteiger partial charge in [0.1, 0.15) is 5.76 Å². The zero-order valence-electron chi connectivity index (χ0n) is 13.7. The molecule has 0 saturated carbocycles. The van der Waals surface area contributed by atoms with Crippen LogP contribution in [0.5, 0.6) is 0 Å². The molecule has 1 saturated heterocycles. The van der Waals surface area contributed by atoms with E-state index in [0.717, 1.165) is 12.0 Å². The monoisotopic (exact) mass is 342 g/mol. The predicted octanol–water partition coefficient (Wildman–Crippen LogP) is 2.34. The number of furan rings is 1. The molecule has 0 bridgehead atoms. The van der Waals surface area contributed by atoms with Crippen molar-refractivity contribution in [3.63, 3.8) is 0 Å². The molecule has 0 spiro atoms. The van der Waals surface area contributed by atoms with Gasteiger partial charge in [-0.05, 0) is 37.6 Å². The summed E-state index contributed by atoms with van der Waals surface area (Å²) in [6.45, 7) is 2.54. The molecule has 1 fully saturated rings. The summed E-state index contributed by atoms with van der Waals surface area (Å²) in [6, 6.07) is 8.23. The molecule has 2 aromatic rings. The number of amides is 2. The molecule has 1 aromatic carbocycles. The number of aromatic carboxylic acids is 1. The Balaban J connectivity index is 1.77. The van der Waals surface area contributed by atoms with Gasteiger partial charge in [-0.2, -0.15) is 0 Å². The van der Waals surface area contributed by atoms with Crippen molar-refractivity contribution in [2.24, 2.45) is 0 Å². The van der Waals surface area contributed by atoms with Crippen molar-refractivity contribution in [2.45, 2.75) is 26.3 Å². The number of hydrogen-bond acceptors (Lipinski definition) is 4. The number of hydrogen-bond donors (Lipinski definition) is 2. The Morgan fingerprint density at radius 2 is 2.08 bits per heavy atom. The van der Waals surface area contributed by atoms with Crippen molar-refractivity contribution in [1.29, 1.82) is 0 Å². The number of carboxylic acid groups (broad SMARTS) is 1. The highest BCUT2D eigenvalue weighted by Crippen LogP contribution is 2.26. The van der Waals surface area contributed by atoms with E-state index in [1.54, 1.807) is 17.0 Å². The first-order valence-electron chi connectivity index (χ1n) is 7.97. The van der Waals surface area contributed by atoms with Gasteiger partial charge in [0, 0.05) is 13.0 Å². The van der Waals surface area contributed by atoms with Crippen LogP contribution in [0.1, 0.15) is 45.1 Å². The maximum atomic E-state index is 12.6. The first-order chi connectivity index (χ1) is 12.0. The molecule has 0 radical (unpaired) electrons. The summed E-state index contributed by atoms with van der Waals surface area (Å²) in [7, 11) is 0. The maximum Gasteiger partial charge on any atom is 0.371 e. The summed E-state index contributed by atoms with van der Waals surface area (Å²) in [5.41, 5.74) is 1.92. The van der Waals surface area contributed by atoms with Crippen LogP contribution in [0, 0.1) is 6.92 Å². The highest BCUT2D eigenvalue weighted by molar-refractivity contribution is 6.05. The lowest BCUT2D eigenvalue weighted by atomic mass is 10.1. The Hall–Kier alpha value is -3.09. The second-order valence-electron chi connectivity index (χ2n) is 5.92. The molecule has 2 N–H and O–H groups in total. The molecule has 1 aromatic heterocycles. The van der Waals surface area contributed by atoms with E-state index in [1.165, 1.54) is 12.1 Å². The Bertz CT molecular complexity index is 840. The van der Waals surface area contributed by atoms with Crippen molar-refractivity contribution in [1.82, 2.24) is 5.32 Å². The number of anilines is 1. The minimum atomic E-state index is -1.16. The quantitative estimate of drug-likeness (QED) is 0.869. The number of carboxylic acids is 1. The fourth-order valence-electron chi connectivity index (χ4n) is 2.82. The van der Waals surface area contributed by atoms with Crippen molar-refractivity contribution >= 4 is 23.5 Å². The molecule has 0 aliphatic carbocycles. The number of aryl methyl sites for hydroxylation is 1. The summed E-state index contributed by atoms with van der Waals surface area (Å²) in [6.07, 6.45) is 1.26. The fourth-order valence-corrected chi connectivity index (χ4v) is 2.82. The van der Waals surface area contributed by atoms with Crippen LogP contribution in [-0.4, -0.2) is 29.4 Å². The Kier molecular flexibility index (Phi) is 4.56. The molecule has 130 valence electrons. The Morgan fingerprint density at radius 3 is 2.72 bits per heavy atom. The van der Waals surface area contributed by atoms with Gasteiger partial charge in [-0.15, -0.1) is 0 Å². The van der Waals surface area contributed by atoms with E-state index < -0.39 is 5.97 Å². The molecule has 7 nitrogen and oxygen atoms in total. The minimum absolute atomic E-state index is 0.00929. The van der Waals surface area contributed by atoms with E-state index >= 15 is 0 Å². The molecule has 0 unspecified atom stereocenters. The Labute approximate surface area is 144 Å². The second kappa shape index (κ2) is 6.80. The lowest BCUT2D eigenvalue weighted by molar-refractivity contribution is -0.117. The van der Waals surface area contributed by atoms with Gasteiger partial charge in [0.05, 0.1) is 17.8 Å². The van der Waals surface area contributed by atoms with E-state index in [1.807, 2.05) is 13.0 Å². The largest absolute Gasteiger partial charge is 0.475 e. The van der Waals surface area contributed by atoms with Crippen molar-refractivity contribution < 1.29 is 23.9 Å². The van der Waals surface area contributed by atoms with Gasteiger partial charge in [0.15, 0.2) is 0 Å². The number of carbonyl (C=O) groups is 3. The zero-order chi connectivity index (χ0) is 18.0. The number of nitrogens with zero attached hydrogens (tertiary/aromatic N) is 1. The molecule has 25 heavy (non-hydrogen) atoms. The van der Waals surface area contributed by atoms with Gasteiger partial charge < -0.3 is 19.7 Å². The van der Waals surface area contributed by atoms with Gasteiger partial charge in [-0.25, -0.2) is 4.79 Å². The minimum Gasteiger partial charge on any atom is -0.475 e. The molecular formula is C18H18N2O5. The third-order valence-electron chi connectivity index (χ3n) is 4.06. The van der Waals surface area contributed by atoms with Gasteiger partial charge >= 0.3 is 5.97 Å². The van der Waals surface area contributed by atoms with E-state index in [9.17, 15) is 14.4 Å². The van der Waals surface area contributed by atoms with Gasteiger partial charge in [-0.1, -0.05) is 11.6 Å². The van der Waals surface area contributed by atoms with Crippen LogP contribution in [0.4, 0.5) is 5.69 Å². The fraction of sp³-hybridized carbons (Fsp3) is 0.278. The maximum absolute atomic E-state index is 12.6. The van der Waals surface area contributed by atoms with Crippen LogP contribution in [0.2, 0.25) is 0 Å². The lowest BCUT2D eigenvalue weighted by Gasteiger charge is -2.19.